The number of fused-ring (bicyclic) bond motifs is 1. The Balaban J connectivity index is 1.95. The van der Waals surface area contributed by atoms with Crippen LogP contribution < -0.4 is 0 Å². The molecular formula is C17H20N2O. The number of nitrogens with zero attached hydrogens (tertiary/aromatic N) is 1. The van der Waals surface area contributed by atoms with E-state index in [1.165, 1.54) is 27.7 Å². The summed E-state index contributed by atoms with van der Waals surface area (Å²) in [7, 11) is 0. The topological polar surface area (TPSA) is 36.1 Å². The zero-order valence-corrected chi connectivity index (χ0v) is 12.1. The molecule has 0 spiro atoms. The van der Waals surface area contributed by atoms with Gasteiger partial charge in [0.05, 0.1) is 0 Å². The van der Waals surface area contributed by atoms with Crippen LogP contribution >= 0.6 is 0 Å². The highest BCUT2D eigenvalue weighted by atomic mass is 16.2. The number of hydrogen-bond donors (Lipinski definition) is 1. The lowest BCUT2D eigenvalue weighted by molar-refractivity contribution is -0.130. The fourth-order valence-electron chi connectivity index (χ4n) is 3.04. The van der Waals surface area contributed by atoms with E-state index in [4.69, 9.17) is 0 Å². The molecule has 0 saturated carbocycles. The van der Waals surface area contributed by atoms with Crippen LogP contribution in [0, 0.1) is 6.92 Å². The number of aryl methyl sites for hydroxylation is 1. The van der Waals surface area contributed by atoms with Crippen molar-refractivity contribution in [1.82, 2.24) is 9.88 Å². The SMILES string of the molecule is CCC(=O)N1CC=C(c2c(C)[nH]c3ccccc23)CC1. The molecule has 0 aliphatic carbocycles. The molecule has 1 amide bonds. The minimum Gasteiger partial charge on any atom is -0.358 e. The minimum atomic E-state index is 0.246. The molecule has 20 heavy (non-hydrogen) atoms. The van der Waals surface area contributed by atoms with Crippen LogP contribution in [0.3, 0.4) is 0 Å². The summed E-state index contributed by atoms with van der Waals surface area (Å²) < 4.78 is 0. The summed E-state index contributed by atoms with van der Waals surface area (Å²) >= 11 is 0. The number of nitrogens with one attached hydrogen (secondary N) is 1. The number of aromatic nitrogens is 1. The third-order valence-corrected chi connectivity index (χ3v) is 4.08. The molecule has 3 rings (SSSR count). The molecule has 0 radical (unpaired) electrons. The maximum Gasteiger partial charge on any atom is 0.222 e. The first kappa shape index (κ1) is 13.0. The Labute approximate surface area is 119 Å². The van der Waals surface area contributed by atoms with Crippen molar-refractivity contribution >= 4 is 22.4 Å². The largest absolute Gasteiger partial charge is 0.358 e. The molecule has 0 unspecified atom stereocenters. The quantitative estimate of drug-likeness (QED) is 0.889. The number of H-pyrrole nitrogens is 1. The van der Waals surface area contributed by atoms with E-state index in [2.05, 4.69) is 42.2 Å². The van der Waals surface area contributed by atoms with Crippen LogP contribution in [-0.2, 0) is 4.79 Å². The van der Waals surface area contributed by atoms with Crippen LogP contribution in [0.25, 0.3) is 16.5 Å². The summed E-state index contributed by atoms with van der Waals surface area (Å²) in [4.78, 5) is 17.1. The fraction of sp³-hybridized carbons (Fsp3) is 0.353. The van der Waals surface area contributed by atoms with Crippen LogP contribution in [0.4, 0.5) is 0 Å². The molecule has 0 saturated heterocycles. The number of aromatic amines is 1. The lowest BCUT2D eigenvalue weighted by atomic mass is 9.96. The Kier molecular flexibility index (Phi) is 3.35. The van der Waals surface area contributed by atoms with Crippen molar-refractivity contribution in [2.75, 3.05) is 13.1 Å². The molecule has 104 valence electrons. The zero-order chi connectivity index (χ0) is 14.1. The van der Waals surface area contributed by atoms with Gasteiger partial charge in [0.15, 0.2) is 0 Å². The summed E-state index contributed by atoms with van der Waals surface area (Å²) in [6, 6.07) is 8.41. The van der Waals surface area contributed by atoms with E-state index in [0.717, 1.165) is 19.5 Å². The van der Waals surface area contributed by atoms with Gasteiger partial charge in [-0.1, -0.05) is 31.2 Å². The van der Waals surface area contributed by atoms with Crippen molar-refractivity contribution in [3.8, 4) is 0 Å². The van der Waals surface area contributed by atoms with E-state index in [-0.39, 0.29) is 5.91 Å². The van der Waals surface area contributed by atoms with E-state index < -0.39 is 0 Å². The fourth-order valence-corrected chi connectivity index (χ4v) is 3.04. The van der Waals surface area contributed by atoms with Gasteiger partial charge in [-0.3, -0.25) is 4.79 Å². The van der Waals surface area contributed by atoms with Crippen molar-refractivity contribution in [3.63, 3.8) is 0 Å². The molecule has 1 aromatic heterocycles. The number of carbonyl (C=O) groups is 1. The minimum absolute atomic E-state index is 0.246. The third-order valence-electron chi connectivity index (χ3n) is 4.08. The van der Waals surface area contributed by atoms with Gasteiger partial charge in [0.25, 0.3) is 0 Å². The van der Waals surface area contributed by atoms with E-state index in [1.807, 2.05) is 11.8 Å². The molecule has 1 aliphatic rings. The van der Waals surface area contributed by atoms with Gasteiger partial charge in [-0.25, -0.2) is 0 Å². The van der Waals surface area contributed by atoms with Gasteiger partial charge in [-0.15, -0.1) is 0 Å². The third kappa shape index (κ3) is 2.13. The maximum absolute atomic E-state index is 11.7. The van der Waals surface area contributed by atoms with Crippen molar-refractivity contribution < 1.29 is 4.79 Å². The summed E-state index contributed by atoms with van der Waals surface area (Å²) in [6.45, 7) is 5.61. The Morgan fingerprint density at radius 3 is 2.85 bits per heavy atom. The van der Waals surface area contributed by atoms with E-state index >= 15 is 0 Å². The van der Waals surface area contributed by atoms with E-state index in [9.17, 15) is 4.79 Å². The molecule has 3 nitrogen and oxygen atoms in total. The van der Waals surface area contributed by atoms with E-state index in [0.29, 0.717) is 6.42 Å². The summed E-state index contributed by atoms with van der Waals surface area (Å²) in [5.41, 5.74) is 5.09. The zero-order valence-electron chi connectivity index (χ0n) is 12.1. The number of para-hydroxylation sites is 1. The second kappa shape index (κ2) is 5.16. The first-order valence-electron chi connectivity index (χ1n) is 7.25. The standard InChI is InChI=1S/C17H20N2O/c1-3-16(20)19-10-8-13(9-11-19)17-12(2)18-15-7-5-4-6-14(15)17/h4-8,18H,3,9-11H2,1-2H3. The molecule has 0 bridgehead atoms. The Bertz CT molecular complexity index is 681. The van der Waals surface area contributed by atoms with Crippen LogP contribution in [-0.4, -0.2) is 28.9 Å². The summed E-state index contributed by atoms with van der Waals surface area (Å²) in [5.74, 6) is 0.246. The molecule has 0 atom stereocenters. The van der Waals surface area contributed by atoms with Crippen LogP contribution in [0.15, 0.2) is 30.3 Å². The highest BCUT2D eigenvalue weighted by Crippen LogP contribution is 2.32. The predicted molar refractivity (Wildman–Crippen MR) is 82.5 cm³/mol. The second-order valence-corrected chi connectivity index (χ2v) is 5.34. The van der Waals surface area contributed by atoms with Gasteiger partial charge in [0.2, 0.25) is 5.91 Å². The van der Waals surface area contributed by atoms with Gasteiger partial charge in [-0.2, -0.15) is 0 Å². The normalized spacial score (nSPS) is 15.5. The Morgan fingerprint density at radius 2 is 2.15 bits per heavy atom. The molecule has 0 fully saturated rings. The van der Waals surface area contributed by atoms with Gasteiger partial charge in [-0.05, 0) is 25.0 Å². The summed E-state index contributed by atoms with van der Waals surface area (Å²) in [6.07, 6.45) is 3.74. The number of hydrogen-bond acceptors (Lipinski definition) is 1. The van der Waals surface area contributed by atoms with Gasteiger partial charge in [0, 0.05) is 41.7 Å². The Hall–Kier alpha value is -2.03. The maximum atomic E-state index is 11.7. The van der Waals surface area contributed by atoms with Crippen LogP contribution in [0.2, 0.25) is 0 Å². The van der Waals surface area contributed by atoms with Crippen molar-refractivity contribution in [1.29, 1.82) is 0 Å². The van der Waals surface area contributed by atoms with Gasteiger partial charge < -0.3 is 9.88 Å². The molecular weight excluding hydrogens is 248 g/mol. The average molecular weight is 268 g/mol. The second-order valence-electron chi connectivity index (χ2n) is 5.34. The van der Waals surface area contributed by atoms with Crippen molar-refractivity contribution in [2.45, 2.75) is 26.7 Å². The highest BCUT2D eigenvalue weighted by Gasteiger charge is 2.19. The number of amides is 1. The molecule has 1 aromatic carbocycles. The Morgan fingerprint density at radius 1 is 1.35 bits per heavy atom. The number of carbonyl (C=O) groups excluding carboxylic acids is 1. The monoisotopic (exact) mass is 268 g/mol. The molecule has 1 N–H and O–H groups in total. The molecule has 1 aliphatic heterocycles. The lowest BCUT2D eigenvalue weighted by Gasteiger charge is -2.26. The van der Waals surface area contributed by atoms with E-state index in [1.54, 1.807) is 0 Å². The first-order chi connectivity index (χ1) is 9.70. The first-order valence-corrected chi connectivity index (χ1v) is 7.25. The average Bonchev–Trinajstić information content (AvgIpc) is 2.82. The molecule has 3 heteroatoms. The van der Waals surface area contributed by atoms with Crippen LogP contribution in [0.1, 0.15) is 31.0 Å². The molecule has 2 heterocycles. The van der Waals surface area contributed by atoms with Crippen molar-refractivity contribution in [2.24, 2.45) is 0 Å². The van der Waals surface area contributed by atoms with Gasteiger partial charge in [0.1, 0.15) is 0 Å². The molecule has 2 aromatic rings. The van der Waals surface area contributed by atoms with Crippen molar-refractivity contribution in [3.05, 3.63) is 41.6 Å². The number of benzene rings is 1. The highest BCUT2D eigenvalue weighted by molar-refractivity contribution is 5.94. The lowest BCUT2D eigenvalue weighted by Crippen LogP contribution is -2.34. The number of rotatable bonds is 2. The predicted octanol–water partition coefficient (Wildman–Crippen LogP) is 3.50. The van der Waals surface area contributed by atoms with Crippen LogP contribution in [0.5, 0.6) is 0 Å². The smallest absolute Gasteiger partial charge is 0.222 e. The van der Waals surface area contributed by atoms with Gasteiger partial charge >= 0.3 is 0 Å². The summed E-state index contributed by atoms with van der Waals surface area (Å²) in [5, 5.41) is 1.28.